The molecule has 0 spiro atoms. The molecule has 0 fully saturated rings. The molecule has 0 N–H and O–H groups in total. The third kappa shape index (κ3) is 1.60. The lowest BCUT2D eigenvalue weighted by molar-refractivity contribution is -0.117. The normalized spacial score (nSPS) is 13.9. The summed E-state index contributed by atoms with van der Waals surface area (Å²) in [5.41, 5.74) is 4.39. The number of fused-ring (bicyclic) bond motifs is 1. The lowest BCUT2D eigenvalue weighted by atomic mass is 10.0. The van der Waals surface area contributed by atoms with Crippen molar-refractivity contribution >= 4 is 11.6 Å². The second kappa shape index (κ2) is 3.70. The van der Waals surface area contributed by atoms with Gasteiger partial charge in [0.25, 0.3) is 0 Å². The van der Waals surface area contributed by atoms with Gasteiger partial charge in [0.1, 0.15) is 0 Å². The minimum absolute atomic E-state index is 0.159. The first-order valence-corrected chi connectivity index (χ1v) is 5.55. The van der Waals surface area contributed by atoms with Crippen molar-refractivity contribution in [2.24, 2.45) is 0 Å². The van der Waals surface area contributed by atoms with Gasteiger partial charge in [-0.05, 0) is 41.0 Å². The van der Waals surface area contributed by atoms with Crippen LogP contribution in [-0.2, 0) is 11.2 Å². The number of carbonyl (C=O) groups is 1. The van der Waals surface area contributed by atoms with Crippen LogP contribution in [0.4, 0.5) is 5.69 Å². The van der Waals surface area contributed by atoms with Crippen molar-refractivity contribution in [2.75, 3.05) is 11.9 Å². The summed E-state index contributed by atoms with van der Waals surface area (Å²) < 4.78 is 0. The highest BCUT2D eigenvalue weighted by atomic mass is 16.2. The Balaban J connectivity index is 2.07. The summed E-state index contributed by atoms with van der Waals surface area (Å²) in [6.07, 6.45) is 4.06. The number of aromatic nitrogens is 1. The number of hydrogen-bond donors (Lipinski definition) is 0. The molecule has 1 aromatic carbocycles. The van der Waals surface area contributed by atoms with Gasteiger partial charge < -0.3 is 4.90 Å². The molecule has 1 aliphatic heterocycles. The first kappa shape index (κ1) is 10.0. The number of carbonyl (C=O) groups excluding carboxylic acids is 1. The van der Waals surface area contributed by atoms with Gasteiger partial charge in [0.2, 0.25) is 5.91 Å². The quantitative estimate of drug-likeness (QED) is 0.744. The van der Waals surface area contributed by atoms with E-state index in [0.717, 1.165) is 22.4 Å². The van der Waals surface area contributed by atoms with Crippen LogP contribution in [0.15, 0.2) is 42.7 Å². The summed E-state index contributed by atoms with van der Waals surface area (Å²) in [5, 5.41) is 0. The molecule has 3 nitrogen and oxygen atoms in total. The molecule has 0 atom stereocenters. The zero-order chi connectivity index (χ0) is 11.8. The molecule has 1 aliphatic rings. The van der Waals surface area contributed by atoms with Crippen LogP contribution in [0.1, 0.15) is 5.56 Å². The van der Waals surface area contributed by atoms with Gasteiger partial charge in [-0.25, -0.2) is 0 Å². The fraction of sp³-hybridized carbons (Fsp3) is 0.143. The van der Waals surface area contributed by atoms with Crippen molar-refractivity contribution in [3.8, 4) is 11.1 Å². The molecule has 1 aromatic heterocycles. The Bertz CT molecular complexity index is 578. The molecule has 1 amide bonds. The maximum Gasteiger partial charge on any atom is 0.231 e. The minimum Gasteiger partial charge on any atom is -0.315 e. The molecule has 3 rings (SSSR count). The highest BCUT2D eigenvalue weighted by Crippen LogP contribution is 2.31. The van der Waals surface area contributed by atoms with E-state index >= 15 is 0 Å². The molecule has 3 heteroatoms. The van der Waals surface area contributed by atoms with Gasteiger partial charge in [0.15, 0.2) is 0 Å². The third-order valence-electron chi connectivity index (χ3n) is 3.17. The Hall–Kier alpha value is -2.16. The number of pyridine rings is 1. The summed E-state index contributed by atoms with van der Waals surface area (Å²) in [6, 6.07) is 10.1. The van der Waals surface area contributed by atoms with E-state index in [1.807, 2.05) is 31.3 Å². The molecule has 0 bridgehead atoms. The lowest BCUT2D eigenvalue weighted by Crippen LogP contribution is -2.20. The molecular weight excluding hydrogens is 212 g/mol. The maximum absolute atomic E-state index is 11.6. The van der Waals surface area contributed by atoms with Crippen molar-refractivity contribution in [2.45, 2.75) is 6.42 Å². The summed E-state index contributed by atoms with van der Waals surface area (Å²) in [6.45, 7) is 0. The zero-order valence-corrected chi connectivity index (χ0v) is 9.55. The highest BCUT2D eigenvalue weighted by Gasteiger charge is 2.23. The Morgan fingerprint density at radius 1 is 1.12 bits per heavy atom. The van der Waals surface area contributed by atoms with Crippen molar-refractivity contribution < 1.29 is 4.79 Å². The van der Waals surface area contributed by atoms with Crippen LogP contribution in [0.25, 0.3) is 11.1 Å². The maximum atomic E-state index is 11.6. The van der Waals surface area contributed by atoms with Crippen molar-refractivity contribution in [1.29, 1.82) is 0 Å². The van der Waals surface area contributed by atoms with Gasteiger partial charge in [-0.3, -0.25) is 9.78 Å². The van der Waals surface area contributed by atoms with E-state index in [4.69, 9.17) is 0 Å². The van der Waals surface area contributed by atoms with Gasteiger partial charge in [0, 0.05) is 25.1 Å². The van der Waals surface area contributed by atoms with Crippen LogP contribution in [0.2, 0.25) is 0 Å². The van der Waals surface area contributed by atoms with E-state index in [2.05, 4.69) is 11.1 Å². The molecule has 0 radical (unpaired) electrons. The van der Waals surface area contributed by atoms with Crippen LogP contribution in [-0.4, -0.2) is 17.9 Å². The van der Waals surface area contributed by atoms with Crippen LogP contribution < -0.4 is 4.90 Å². The van der Waals surface area contributed by atoms with Crippen molar-refractivity contribution in [3.05, 3.63) is 48.3 Å². The minimum atomic E-state index is 0.159. The molecule has 0 saturated heterocycles. The number of benzene rings is 1. The van der Waals surface area contributed by atoms with E-state index in [-0.39, 0.29) is 5.91 Å². The summed E-state index contributed by atoms with van der Waals surface area (Å²) in [7, 11) is 1.82. The number of rotatable bonds is 1. The molecule has 0 aliphatic carbocycles. The zero-order valence-electron chi connectivity index (χ0n) is 9.55. The van der Waals surface area contributed by atoms with Crippen LogP contribution in [0, 0.1) is 0 Å². The number of hydrogen-bond acceptors (Lipinski definition) is 2. The van der Waals surface area contributed by atoms with E-state index < -0.39 is 0 Å². The predicted octanol–water partition coefficient (Wildman–Crippen LogP) is 2.27. The largest absolute Gasteiger partial charge is 0.315 e. The van der Waals surface area contributed by atoms with Gasteiger partial charge >= 0.3 is 0 Å². The van der Waals surface area contributed by atoms with Gasteiger partial charge in [0.05, 0.1) is 6.42 Å². The van der Waals surface area contributed by atoms with Crippen molar-refractivity contribution in [1.82, 2.24) is 4.98 Å². The second-order valence-corrected chi connectivity index (χ2v) is 4.21. The van der Waals surface area contributed by atoms with E-state index in [1.165, 1.54) is 0 Å². The average Bonchev–Trinajstić information content (AvgIpc) is 2.66. The second-order valence-electron chi connectivity index (χ2n) is 4.21. The van der Waals surface area contributed by atoms with E-state index in [0.29, 0.717) is 6.42 Å². The lowest BCUT2D eigenvalue weighted by Gasteiger charge is -2.10. The third-order valence-corrected chi connectivity index (χ3v) is 3.17. The Morgan fingerprint density at radius 3 is 2.65 bits per heavy atom. The SMILES string of the molecule is CN1C(=O)Cc2cc(-c3ccncc3)ccc21. The predicted molar refractivity (Wildman–Crippen MR) is 66.8 cm³/mol. The van der Waals surface area contributed by atoms with Crippen molar-refractivity contribution in [3.63, 3.8) is 0 Å². The molecule has 2 heterocycles. The molecule has 17 heavy (non-hydrogen) atoms. The number of likely N-dealkylation sites (N-methyl/N-ethyl adjacent to an activating group) is 1. The van der Waals surface area contributed by atoms with Crippen LogP contribution >= 0.6 is 0 Å². The first-order valence-electron chi connectivity index (χ1n) is 5.55. The summed E-state index contributed by atoms with van der Waals surface area (Å²) in [5.74, 6) is 0.159. The van der Waals surface area contributed by atoms with E-state index in [1.54, 1.807) is 17.3 Å². The number of anilines is 1. The summed E-state index contributed by atoms with van der Waals surface area (Å²) in [4.78, 5) is 17.3. The number of amides is 1. The van der Waals surface area contributed by atoms with E-state index in [9.17, 15) is 4.79 Å². The monoisotopic (exact) mass is 224 g/mol. The summed E-state index contributed by atoms with van der Waals surface area (Å²) >= 11 is 0. The molecular formula is C14H12N2O. The topological polar surface area (TPSA) is 33.2 Å². The standard InChI is InChI=1S/C14H12N2O/c1-16-13-3-2-11(8-12(13)9-14(16)17)10-4-6-15-7-5-10/h2-8H,9H2,1H3. The molecule has 84 valence electrons. The van der Waals surface area contributed by atoms with Crippen LogP contribution in [0.5, 0.6) is 0 Å². The fourth-order valence-corrected chi connectivity index (χ4v) is 2.19. The Morgan fingerprint density at radius 2 is 1.88 bits per heavy atom. The molecule has 0 unspecified atom stereocenters. The Labute approximate surface area is 99.7 Å². The first-order chi connectivity index (χ1) is 8.25. The smallest absolute Gasteiger partial charge is 0.231 e. The molecule has 2 aromatic rings. The van der Waals surface area contributed by atoms with Gasteiger partial charge in [-0.2, -0.15) is 0 Å². The fourth-order valence-electron chi connectivity index (χ4n) is 2.19. The Kier molecular flexibility index (Phi) is 2.18. The van der Waals surface area contributed by atoms with Gasteiger partial charge in [-0.15, -0.1) is 0 Å². The molecule has 0 saturated carbocycles. The van der Waals surface area contributed by atoms with Crippen LogP contribution in [0.3, 0.4) is 0 Å². The highest BCUT2D eigenvalue weighted by molar-refractivity contribution is 6.01. The number of nitrogens with zero attached hydrogens (tertiary/aromatic N) is 2. The average molecular weight is 224 g/mol. The van der Waals surface area contributed by atoms with Gasteiger partial charge in [-0.1, -0.05) is 6.07 Å².